The van der Waals surface area contributed by atoms with Gasteiger partial charge in [0.1, 0.15) is 0 Å². The Morgan fingerprint density at radius 1 is 1.44 bits per heavy atom. The lowest BCUT2D eigenvalue weighted by molar-refractivity contribution is 0.425. The van der Waals surface area contributed by atoms with Crippen molar-refractivity contribution in [3.05, 3.63) is 35.1 Å². The van der Waals surface area contributed by atoms with Gasteiger partial charge in [-0.2, -0.15) is 4.98 Å². The van der Waals surface area contributed by atoms with E-state index in [9.17, 15) is 0 Å². The molecule has 18 heavy (non-hydrogen) atoms. The van der Waals surface area contributed by atoms with Crippen molar-refractivity contribution in [3.63, 3.8) is 0 Å². The molecule has 0 radical (unpaired) electrons. The third-order valence-corrected chi connectivity index (χ3v) is 3.92. The Bertz CT molecular complexity index is 518. The Morgan fingerprint density at radius 2 is 2.22 bits per heavy atom. The summed E-state index contributed by atoms with van der Waals surface area (Å²) in [5.41, 5.74) is 6.31. The molecule has 0 aliphatic heterocycles. The summed E-state index contributed by atoms with van der Waals surface area (Å²) in [5, 5.41) is 4.92. The smallest absolute Gasteiger partial charge is 0.259 e. The lowest BCUT2D eigenvalue weighted by Crippen LogP contribution is -2.12. The summed E-state index contributed by atoms with van der Waals surface area (Å²) in [6.45, 7) is 2.71. The number of hydrogen-bond acceptors (Lipinski definition) is 5. The van der Waals surface area contributed by atoms with Crippen LogP contribution in [-0.2, 0) is 5.75 Å². The van der Waals surface area contributed by atoms with Crippen LogP contribution in [0.15, 0.2) is 28.8 Å². The van der Waals surface area contributed by atoms with E-state index >= 15 is 0 Å². The van der Waals surface area contributed by atoms with Gasteiger partial charge < -0.3 is 10.3 Å². The van der Waals surface area contributed by atoms with Crippen LogP contribution in [0.4, 0.5) is 0 Å². The van der Waals surface area contributed by atoms with Crippen molar-refractivity contribution >= 4 is 23.4 Å². The molecule has 1 unspecified atom stereocenters. The van der Waals surface area contributed by atoms with E-state index in [1.807, 2.05) is 18.2 Å². The first-order valence-corrected chi connectivity index (χ1v) is 7.02. The van der Waals surface area contributed by atoms with Gasteiger partial charge in [-0.05, 0) is 12.1 Å². The quantitative estimate of drug-likeness (QED) is 0.914. The molecular weight excluding hydrogens is 270 g/mol. The van der Waals surface area contributed by atoms with Gasteiger partial charge in [-0.1, -0.05) is 35.8 Å². The zero-order valence-corrected chi connectivity index (χ0v) is 11.5. The number of aromatic nitrogens is 2. The highest BCUT2D eigenvalue weighted by molar-refractivity contribution is 7.99. The lowest BCUT2D eigenvalue weighted by atomic mass is 10.2. The molecule has 0 aliphatic carbocycles. The third-order valence-electron chi connectivity index (χ3n) is 2.40. The number of halogens is 1. The minimum absolute atomic E-state index is 0.382. The highest BCUT2D eigenvalue weighted by atomic mass is 35.5. The molecule has 0 spiro atoms. The second kappa shape index (κ2) is 6.22. The predicted molar refractivity (Wildman–Crippen MR) is 74.6 cm³/mol. The van der Waals surface area contributed by atoms with Crippen LogP contribution in [0.5, 0.6) is 0 Å². The average molecular weight is 284 g/mol. The van der Waals surface area contributed by atoms with Crippen LogP contribution in [0.3, 0.4) is 0 Å². The number of nitrogens with zero attached hydrogens (tertiary/aromatic N) is 2. The summed E-state index contributed by atoms with van der Waals surface area (Å²) in [5.74, 6) is 1.80. The minimum Gasteiger partial charge on any atom is -0.334 e. The van der Waals surface area contributed by atoms with Crippen molar-refractivity contribution in [1.29, 1.82) is 0 Å². The van der Waals surface area contributed by atoms with Crippen LogP contribution >= 0.6 is 23.4 Å². The van der Waals surface area contributed by atoms with Gasteiger partial charge in [0.25, 0.3) is 5.89 Å². The fraction of sp³-hybridized carbons (Fsp3) is 0.333. The topological polar surface area (TPSA) is 64.9 Å². The van der Waals surface area contributed by atoms with Crippen molar-refractivity contribution in [2.24, 2.45) is 5.73 Å². The minimum atomic E-state index is 0.382. The molecule has 1 aromatic carbocycles. The monoisotopic (exact) mass is 283 g/mol. The molecule has 0 fully saturated rings. The van der Waals surface area contributed by atoms with E-state index < -0.39 is 0 Å². The second-order valence-electron chi connectivity index (χ2n) is 3.85. The van der Waals surface area contributed by atoms with E-state index in [1.165, 1.54) is 0 Å². The van der Waals surface area contributed by atoms with Crippen LogP contribution in [0, 0.1) is 0 Å². The average Bonchev–Trinajstić information content (AvgIpc) is 2.85. The first-order valence-electron chi connectivity index (χ1n) is 5.60. The first-order chi connectivity index (χ1) is 8.70. The largest absolute Gasteiger partial charge is 0.334 e. The Kier molecular flexibility index (Phi) is 4.63. The molecule has 0 bridgehead atoms. The molecule has 1 atom stereocenters. The SMILES string of the molecule is CC(CN)SCc1noc(-c2ccccc2Cl)n1. The zero-order chi connectivity index (χ0) is 13.0. The summed E-state index contributed by atoms with van der Waals surface area (Å²) in [6, 6.07) is 7.40. The molecule has 96 valence electrons. The van der Waals surface area contributed by atoms with Gasteiger partial charge in [-0.3, -0.25) is 0 Å². The highest BCUT2D eigenvalue weighted by Gasteiger charge is 2.12. The Labute approximate surface area is 115 Å². The van der Waals surface area contributed by atoms with Gasteiger partial charge >= 0.3 is 0 Å². The van der Waals surface area contributed by atoms with E-state index in [2.05, 4.69) is 17.1 Å². The number of benzene rings is 1. The van der Waals surface area contributed by atoms with Crippen LogP contribution in [0.25, 0.3) is 11.5 Å². The van der Waals surface area contributed by atoms with Gasteiger partial charge in [0.15, 0.2) is 5.82 Å². The zero-order valence-electron chi connectivity index (χ0n) is 9.97. The van der Waals surface area contributed by atoms with Gasteiger partial charge in [-0.15, -0.1) is 11.8 Å². The van der Waals surface area contributed by atoms with Crippen molar-refractivity contribution in [1.82, 2.24) is 10.1 Å². The second-order valence-corrected chi connectivity index (χ2v) is 5.69. The summed E-state index contributed by atoms with van der Waals surface area (Å²) in [4.78, 5) is 4.32. The maximum absolute atomic E-state index is 6.07. The number of thioether (sulfide) groups is 1. The molecule has 0 saturated carbocycles. The number of rotatable bonds is 5. The standard InChI is InChI=1S/C12H14ClN3OS/c1-8(6-14)18-7-11-15-12(17-16-11)9-4-2-3-5-10(9)13/h2-5,8H,6-7,14H2,1H3. The number of hydrogen-bond donors (Lipinski definition) is 1. The summed E-state index contributed by atoms with van der Waals surface area (Å²) in [6.07, 6.45) is 0. The molecule has 2 aromatic rings. The summed E-state index contributed by atoms with van der Waals surface area (Å²) >= 11 is 7.77. The van der Waals surface area contributed by atoms with Crippen molar-refractivity contribution < 1.29 is 4.52 Å². The first kappa shape index (κ1) is 13.4. The molecule has 2 N–H and O–H groups in total. The third kappa shape index (κ3) is 3.25. The molecular formula is C12H14ClN3OS. The van der Waals surface area contributed by atoms with Crippen LogP contribution in [0.1, 0.15) is 12.7 Å². The molecule has 1 heterocycles. The molecule has 0 saturated heterocycles. The fourth-order valence-electron chi connectivity index (χ4n) is 1.34. The molecule has 6 heteroatoms. The van der Waals surface area contributed by atoms with Gasteiger partial charge in [0, 0.05) is 11.8 Å². The predicted octanol–water partition coefficient (Wildman–Crippen LogP) is 2.97. The van der Waals surface area contributed by atoms with E-state index in [0.717, 1.165) is 5.56 Å². The maximum Gasteiger partial charge on any atom is 0.259 e. The van der Waals surface area contributed by atoms with Crippen LogP contribution < -0.4 is 5.73 Å². The highest BCUT2D eigenvalue weighted by Crippen LogP contribution is 2.26. The normalized spacial score (nSPS) is 12.6. The van der Waals surface area contributed by atoms with Crippen molar-refractivity contribution in [3.8, 4) is 11.5 Å². The van der Waals surface area contributed by atoms with Crippen LogP contribution in [-0.4, -0.2) is 21.9 Å². The van der Waals surface area contributed by atoms with Crippen molar-refractivity contribution in [2.75, 3.05) is 6.54 Å². The Balaban J connectivity index is 2.09. The van der Waals surface area contributed by atoms with Crippen LogP contribution in [0.2, 0.25) is 5.02 Å². The van der Waals surface area contributed by atoms with E-state index in [1.54, 1.807) is 17.8 Å². The Morgan fingerprint density at radius 3 is 2.94 bits per heavy atom. The maximum atomic E-state index is 6.07. The van der Waals surface area contributed by atoms with E-state index in [0.29, 0.717) is 34.3 Å². The number of nitrogens with two attached hydrogens (primary N) is 1. The molecule has 0 aliphatic rings. The van der Waals surface area contributed by atoms with Gasteiger partial charge in [-0.25, -0.2) is 0 Å². The van der Waals surface area contributed by atoms with Gasteiger partial charge in [0.05, 0.1) is 16.3 Å². The van der Waals surface area contributed by atoms with E-state index in [-0.39, 0.29) is 0 Å². The Hall–Kier alpha value is -1.04. The summed E-state index contributed by atoms with van der Waals surface area (Å²) in [7, 11) is 0. The molecule has 2 rings (SSSR count). The molecule has 0 amide bonds. The fourth-order valence-corrected chi connectivity index (χ4v) is 2.24. The summed E-state index contributed by atoms with van der Waals surface area (Å²) < 4.78 is 5.21. The van der Waals surface area contributed by atoms with Crippen molar-refractivity contribution in [2.45, 2.75) is 17.9 Å². The lowest BCUT2D eigenvalue weighted by Gasteiger charge is -2.04. The molecule has 1 aromatic heterocycles. The van der Waals surface area contributed by atoms with E-state index in [4.69, 9.17) is 21.9 Å². The molecule has 4 nitrogen and oxygen atoms in total. The van der Waals surface area contributed by atoms with Gasteiger partial charge in [0.2, 0.25) is 0 Å².